The average molecular weight is 309 g/mol. The van der Waals surface area contributed by atoms with Gasteiger partial charge in [-0.2, -0.15) is 5.10 Å². The van der Waals surface area contributed by atoms with Crippen molar-refractivity contribution in [1.29, 1.82) is 0 Å². The SMILES string of the molecule is O=C(/C=C/c1ccco1)NCCn1ccc(-c2cnccn2)n1. The molecule has 0 aliphatic carbocycles. The second-order valence-corrected chi connectivity index (χ2v) is 4.69. The number of carbonyl (C=O) groups excluding carboxylic acids is 1. The first kappa shape index (κ1) is 14.7. The number of aromatic nitrogens is 4. The molecular formula is C16H15N5O2. The zero-order valence-corrected chi connectivity index (χ0v) is 12.3. The Hall–Kier alpha value is -3.22. The fraction of sp³-hybridized carbons (Fsp3) is 0.125. The standard InChI is InChI=1S/C16H15N5O2/c22-16(4-3-13-2-1-11-23-13)19-8-10-21-9-5-14(20-21)15-12-17-6-7-18-15/h1-7,9,11-12H,8,10H2,(H,19,22)/b4-3+. The second kappa shape index (κ2) is 7.17. The van der Waals surface area contributed by atoms with E-state index in [0.717, 1.165) is 11.4 Å². The van der Waals surface area contributed by atoms with Gasteiger partial charge in [0.25, 0.3) is 0 Å². The van der Waals surface area contributed by atoms with Crippen molar-refractivity contribution in [3.8, 4) is 11.4 Å². The lowest BCUT2D eigenvalue weighted by atomic mass is 10.3. The van der Waals surface area contributed by atoms with Crippen molar-refractivity contribution < 1.29 is 9.21 Å². The van der Waals surface area contributed by atoms with Crippen molar-refractivity contribution in [1.82, 2.24) is 25.1 Å². The Morgan fingerprint density at radius 2 is 2.26 bits per heavy atom. The fourth-order valence-corrected chi connectivity index (χ4v) is 1.95. The Kier molecular flexibility index (Phi) is 4.58. The highest BCUT2D eigenvalue weighted by Gasteiger charge is 2.03. The number of nitrogens with zero attached hydrogens (tertiary/aromatic N) is 4. The number of nitrogens with one attached hydrogen (secondary N) is 1. The smallest absolute Gasteiger partial charge is 0.244 e. The van der Waals surface area contributed by atoms with Gasteiger partial charge in [0.15, 0.2) is 0 Å². The number of hydrogen-bond donors (Lipinski definition) is 1. The van der Waals surface area contributed by atoms with Crippen LogP contribution in [-0.2, 0) is 11.3 Å². The summed E-state index contributed by atoms with van der Waals surface area (Å²) in [6.45, 7) is 1.05. The molecule has 3 heterocycles. The van der Waals surface area contributed by atoms with Crippen LogP contribution in [0, 0.1) is 0 Å². The van der Waals surface area contributed by atoms with E-state index in [4.69, 9.17) is 4.42 Å². The van der Waals surface area contributed by atoms with Gasteiger partial charge in [-0.3, -0.25) is 19.4 Å². The van der Waals surface area contributed by atoms with Crippen LogP contribution in [0.15, 0.2) is 59.7 Å². The van der Waals surface area contributed by atoms with Gasteiger partial charge >= 0.3 is 0 Å². The number of hydrogen-bond acceptors (Lipinski definition) is 5. The van der Waals surface area contributed by atoms with E-state index in [1.54, 1.807) is 47.7 Å². The zero-order valence-electron chi connectivity index (χ0n) is 12.3. The van der Waals surface area contributed by atoms with Crippen LogP contribution >= 0.6 is 0 Å². The van der Waals surface area contributed by atoms with Gasteiger partial charge < -0.3 is 9.73 Å². The molecule has 0 bridgehead atoms. The summed E-state index contributed by atoms with van der Waals surface area (Å²) in [5.74, 6) is 0.462. The first-order valence-corrected chi connectivity index (χ1v) is 7.10. The van der Waals surface area contributed by atoms with Crippen molar-refractivity contribution in [2.75, 3.05) is 6.54 Å². The molecule has 7 nitrogen and oxygen atoms in total. The topological polar surface area (TPSA) is 85.8 Å². The van der Waals surface area contributed by atoms with Gasteiger partial charge in [0.1, 0.15) is 17.1 Å². The van der Waals surface area contributed by atoms with Gasteiger partial charge in [-0.15, -0.1) is 0 Å². The predicted octanol–water partition coefficient (Wildman–Crippen LogP) is 1.76. The molecule has 3 aromatic heterocycles. The maximum atomic E-state index is 11.7. The minimum absolute atomic E-state index is 0.178. The quantitative estimate of drug-likeness (QED) is 0.701. The third kappa shape index (κ3) is 4.13. The average Bonchev–Trinajstić information content (AvgIpc) is 3.26. The molecule has 23 heavy (non-hydrogen) atoms. The van der Waals surface area contributed by atoms with Gasteiger partial charge in [-0.25, -0.2) is 0 Å². The van der Waals surface area contributed by atoms with E-state index in [1.807, 2.05) is 12.3 Å². The third-order valence-corrected chi connectivity index (χ3v) is 3.05. The predicted molar refractivity (Wildman–Crippen MR) is 84.0 cm³/mol. The van der Waals surface area contributed by atoms with E-state index in [0.29, 0.717) is 18.8 Å². The van der Waals surface area contributed by atoms with Crippen LogP contribution in [0.25, 0.3) is 17.5 Å². The largest absolute Gasteiger partial charge is 0.465 e. The van der Waals surface area contributed by atoms with Gasteiger partial charge in [-0.05, 0) is 24.3 Å². The van der Waals surface area contributed by atoms with E-state index in [2.05, 4.69) is 20.4 Å². The van der Waals surface area contributed by atoms with Crippen LogP contribution in [0.1, 0.15) is 5.76 Å². The summed E-state index contributed by atoms with van der Waals surface area (Å²) in [5.41, 5.74) is 1.47. The van der Waals surface area contributed by atoms with Crippen molar-refractivity contribution in [3.63, 3.8) is 0 Å². The van der Waals surface area contributed by atoms with E-state index < -0.39 is 0 Å². The molecule has 0 spiro atoms. The fourth-order valence-electron chi connectivity index (χ4n) is 1.95. The molecule has 0 unspecified atom stereocenters. The Morgan fingerprint density at radius 1 is 1.30 bits per heavy atom. The normalized spacial score (nSPS) is 11.0. The molecule has 3 aromatic rings. The van der Waals surface area contributed by atoms with E-state index in [1.165, 1.54) is 6.08 Å². The first-order valence-electron chi connectivity index (χ1n) is 7.10. The van der Waals surface area contributed by atoms with E-state index in [9.17, 15) is 4.79 Å². The molecule has 3 rings (SSSR count). The minimum atomic E-state index is -0.178. The highest BCUT2D eigenvalue weighted by atomic mass is 16.3. The van der Waals surface area contributed by atoms with Crippen LogP contribution in [0.2, 0.25) is 0 Å². The lowest BCUT2D eigenvalue weighted by molar-refractivity contribution is -0.116. The Balaban J connectivity index is 1.48. The Morgan fingerprint density at radius 3 is 3.04 bits per heavy atom. The molecule has 0 aliphatic rings. The molecule has 1 N–H and O–H groups in total. The summed E-state index contributed by atoms with van der Waals surface area (Å²) in [6.07, 6.45) is 11.4. The van der Waals surface area contributed by atoms with Crippen molar-refractivity contribution in [2.45, 2.75) is 6.54 Å². The minimum Gasteiger partial charge on any atom is -0.465 e. The zero-order chi connectivity index (χ0) is 15.9. The monoisotopic (exact) mass is 309 g/mol. The molecule has 0 fully saturated rings. The summed E-state index contributed by atoms with van der Waals surface area (Å²) in [7, 11) is 0. The van der Waals surface area contributed by atoms with Gasteiger partial charge in [-0.1, -0.05) is 0 Å². The van der Waals surface area contributed by atoms with Crippen LogP contribution in [0.5, 0.6) is 0 Å². The molecule has 0 saturated carbocycles. The second-order valence-electron chi connectivity index (χ2n) is 4.69. The van der Waals surface area contributed by atoms with E-state index in [-0.39, 0.29) is 5.91 Å². The number of amides is 1. The summed E-state index contributed by atoms with van der Waals surface area (Å²) >= 11 is 0. The van der Waals surface area contributed by atoms with Crippen LogP contribution in [0.3, 0.4) is 0 Å². The summed E-state index contributed by atoms with van der Waals surface area (Å²) in [4.78, 5) is 19.9. The molecule has 0 aliphatic heterocycles. The van der Waals surface area contributed by atoms with Gasteiger partial charge in [0.05, 0.1) is 19.0 Å². The number of carbonyl (C=O) groups is 1. The number of rotatable bonds is 6. The molecule has 7 heteroatoms. The van der Waals surface area contributed by atoms with Crippen molar-refractivity contribution in [2.24, 2.45) is 0 Å². The van der Waals surface area contributed by atoms with Crippen molar-refractivity contribution in [3.05, 3.63) is 61.1 Å². The lowest BCUT2D eigenvalue weighted by Crippen LogP contribution is -2.25. The number of furan rings is 1. The third-order valence-electron chi connectivity index (χ3n) is 3.05. The highest BCUT2D eigenvalue weighted by molar-refractivity contribution is 5.91. The van der Waals surface area contributed by atoms with Gasteiger partial charge in [0, 0.05) is 31.2 Å². The van der Waals surface area contributed by atoms with E-state index >= 15 is 0 Å². The Bertz CT molecular complexity index is 778. The summed E-state index contributed by atoms with van der Waals surface area (Å²) in [5, 5.41) is 7.18. The molecule has 0 saturated heterocycles. The summed E-state index contributed by atoms with van der Waals surface area (Å²) in [6, 6.07) is 5.41. The van der Waals surface area contributed by atoms with Gasteiger partial charge in [0.2, 0.25) is 5.91 Å². The highest BCUT2D eigenvalue weighted by Crippen LogP contribution is 2.11. The lowest BCUT2D eigenvalue weighted by Gasteiger charge is -2.02. The summed E-state index contributed by atoms with van der Waals surface area (Å²) < 4.78 is 6.86. The van der Waals surface area contributed by atoms with Crippen LogP contribution in [0.4, 0.5) is 0 Å². The molecular weight excluding hydrogens is 294 g/mol. The maximum Gasteiger partial charge on any atom is 0.244 e. The first-order chi connectivity index (χ1) is 11.3. The molecule has 0 atom stereocenters. The molecule has 0 aromatic carbocycles. The molecule has 1 amide bonds. The van der Waals surface area contributed by atoms with Crippen molar-refractivity contribution >= 4 is 12.0 Å². The van der Waals surface area contributed by atoms with Crippen LogP contribution in [-0.4, -0.2) is 32.2 Å². The Labute approximate surface area is 132 Å². The molecule has 0 radical (unpaired) electrons. The molecule has 116 valence electrons. The maximum absolute atomic E-state index is 11.7. The van der Waals surface area contributed by atoms with Crippen LogP contribution < -0.4 is 5.32 Å².